The van der Waals surface area contributed by atoms with Gasteiger partial charge in [-0.1, -0.05) is 44.0 Å². The maximum atomic E-state index is 6.13. The van der Waals surface area contributed by atoms with E-state index in [2.05, 4.69) is 25.2 Å². The number of para-hydroxylation sites is 1. The smallest absolute Gasteiger partial charge is 0.142 e. The van der Waals surface area contributed by atoms with Crippen molar-refractivity contribution in [3.63, 3.8) is 0 Å². The molecule has 0 aromatic heterocycles. The van der Waals surface area contributed by atoms with E-state index in [1.807, 2.05) is 12.1 Å². The fraction of sp³-hybridized carbons (Fsp3) is 0.538. The van der Waals surface area contributed by atoms with Gasteiger partial charge in [0.2, 0.25) is 0 Å². The second-order valence-corrected chi connectivity index (χ2v) is 4.12. The van der Waals surface area contributed by atoms with Crippen LogP contribution in [0.1, 0.15) is 32.3 Å². The van der Waals surface area contributed by atoms with Crippen LogP contribution >= 0.6 is 11.6 Å². The number of unbranched alkanes of at least 4 members (excludes halogenated alkanes) is 1. The number of nitrogens with one attached hydrogen (secondary N) is 1. The summed E-state index contributed by atoms with van der Waals surface area (Å²) in [6.45, 7) is 6.72. The number of benzene rings is 1. The minimum atomic E-state index is 0.700. The Kier molecular flexibility index (Phi) is 6.27. The van der Waals surface area contributed by atoms with Crippen LogP contribution in [0.5, 0.6) is 5.75 Å². The summed E-state index contributed by atoms with van der Waals surface area (Å²) in [6, 6.07) is 5.88. The van der Waals surface area contributed by atoms with E-state index < -0.39 is 0 Å². The lowest BCUT2D eigenvalue weighted by atomic mass is 10.2. The highest BCUT2D eigenvalue weighted by Crippen LogP contribution is 2.28. The lowest BCUT2D eigenvalue weighted by Gasteiger charge is -2.13. The van der Waals surface area contributed by atoms with Gasteiger partial charge in [-0.25, -0.2) is 0 Å². The van der Waals surface area contributed by atoms with Crippen molar-refractivity contribution in [2.75, 3.05) is 13.2 Å². The fourth-order valence-corrected chi connectivity index (χ4v) is 1.68. The van der Waals surface area contributed by atoms with Gasteiger partial charge >= 0.3 is 0 Å². The van der Waals surface area contributed by atoms with Gasteiger partial charge in [-0.05, 0) is 19.0 Å². The van der Waals surface area contributed by atoms with Gasteiger partial charge in [0.25, 0.3) is 0 Å². The Balaban J connectivity index is 2.69. The molecule has 0 atom stereocenters. The van der Waals surface area contributed by atoms with Crippen LogP contribution in [0.15, 0.2) is 18.2 Å². The first-order valence-corrected chi connectivity index (χ1v) is 6.28. The van der Waals surface area contributed by atoms with Gasteiger partial charge < -0.3 is 10.1 Å². The summed E-state index contributed by atoms with van der Waals surface area (Å²) in [6.07, 6.45) is 2.19. The number of hydrogen-bond acceptors (Lipinski definition) is 2. The minimum Gasteiger partial charge on any atom is -0.492 e. The molecule has 0 heterocycles. The van der Waals surface area contributed by atoms with Crippen LogP contribution in [0.4, 0.5) is 0 Å². The average molecular weight is 242 g/mol. The first-order chi connectivity index (χ1) is 7.79. The summed E-state index contributed by atoms with van der Waals surface area (Å²) >= 11 is 6.13. The van der Waals surface area contributed by atoms with Gasteiger partial charge in [-0.15, -0.1) is 0 Å². The highest BCUT2D eigenvalue weighted by Gasteiger charge is 2.07. The van der Waals surface area contributed by atoms with Crippen molar-refractivity contribution < 1.29 is 4.74 Å². The third-order valence-electron chi connectivity index (χ3n) is 2.36. The molecule has 1 aromatic rings. The van der Waals surface area contributed by atoms with Crippen molar-refractivity contribution in [2.45, 2.75) is 33.2 Å². The number of halogens is 1. The Bertz CT molecular complexity index is 315. The molecule has 0 saturated carbocycles. The van der Waals surface area contributed by atoms with E-state index in [9.17, 15) is 0 Å². The van der Waals surface area contributed by atoms with Crippen molar-refractivity contribution in [3.8, 4) is 5.75 Å². The van der Waals surface area contributed by atoms with Gasteiger partial charge in [0.05, 0.1) is 11.6 Å². The van der Waals surface area contributed by atoms with E-state index in [1.54, 1.807) is 0 Å². The topological polar surface area (TPSA) is 21.3 Å². The summed E-state index contributed by atoms with van der Waals surface area (Å²) in [4.78, 5) is 0. The Hall–Kier alpha value is -0.730. The number of ether oxygens (including phenoxy) is 1. The zero-order valence-corrected chi connectivity index (χ0v) is 10.8. The van der Waals surface area contributed by atoms with Crippen LogP contribution in [0, 0.1) is 0 Å². The van der Waals surface area contributed by atoms with Crippen LogP contribution in [-0.2, 0) is 6.54 Å². The molecular formula is C13H20ClNO. The zero-order valence-electron chi connectivity index (χ0n) is 10.1. The predicted molar refractivity (Wildman–Crippen MR) is 69.2 cm³/mol. The van der Waals surface area contributed by atoms with Crippen molar-refractivity contribution >= 4 is 11.6 Å². The molecule has 1 aromatic carbocycles. The Morgan fingerprint density at radius 3 is 2.81 bits per heavy atom. The van der Waals surface area contributed by atoms with E-state index >= 15 is 0 Å². The predicted octanol–water partition coefficient (Wildman–Crippen LogP) is 3.63. The molecule has 3 heteroatoms. The monoisotopic (exact) mass is 241 g/mol. The summed E-state index contributed by atoms with van der Waals surface area (Å²) in [7, 11) is 0. The molecule has 0 amide bonds. The van der Waals surface area contributed by atoms with Gasteiger partial charge in [0.15, 0.2) is 0 Å². The minimum absolute atomic E-state index is 0.700. The normalized spacial score (nSPS) is 10.4. The molecule has 0 saturated heterocycles. The first kappa shape index (κ1) is 13.3. The molecule has 0 fully saturated rings. The second-order valence-electron chi connectivity index (χ2n) is 3.71. The molecule has 0 aliphatic rings. The molecule has 1 N–H and O–H groups in total. The highest BCUT2D eigenvalue weighted by atomic mass is 35.5. The average Bonchev–Trinajstić information content (AvgIpc) is 2.29. The molecule has 0 aliphatic heterocycles. The summed E-state index contributed by atoms with van der Waals surface area (Å²) < 4.78 is 5.73. The van der Waals surface area contributed by atoms with Gasteiger partial charge in [-0.3, -0.25) is 0 Å². The molecule has 0 radical (unpaired) electrons. The van der Waals surface area contributed by atoms with E-state index in [1.165, 1.54) is 0 Å². The van der Waals surface area contributed by atoms with Crippen molar-refractivity contribution in [1.82, 2.24) is 5.32 Å². The molecule has 16 heavy (non-hydrogen) atoms. The maximum absolute atomic E-state index is 6.13. The standard InChI is InChI=1S/C13H20ClNO/c1-3-5-9-16-13-11(10-15-4-2)7-6-8-12(13)14/h6-8,15H,3-5,9-10H2,1-2H3. The zero-order chi connectivity index (χ0) is 11.8. The van der Waals surface area contributed by atoms with Gasteiger partial charge in [0, 0.05) is 12.1 Å². The third kappa shape index (κ3) is 4.03. The van der Waals surface area contributed by atoms with Crippen LogP contribution in [0.2, 0.25) is 5.02 Å². The quantitative estimate of drug-likeness (QED) is 0.736. The SMILES string of the molecule is CCCCOc1c(Cl)cccc1CNCC. The molecular weight excluding hydrogens is 222 g/mol. The van der Waals surface area contributed by atoms with Crippen molar-refractivity contribution in [1.29, 1.82) is 0 Å². The van der Waals surface area contributed by atoms with Crippen LogP contribution in [0.3, 0.4) is 0 Å². The molecule has 90 valence electrons. The van der Waals surface area contributed by atoms with E-state index in [4.69, 9.17) is 16.3 Å². The maximum Gasteiger partial charge on any atom is 0.142 e. The molecule has 0 spiro atoms. The summed E-state index contributed by atoms with van der Waals surface area (Å²) in [5.41, 5.74) is 1.13. The molecule has 0 aliphatic carbocycles. The van der Waals surface area contributed by atoms with Crippen LogP contribution < -0.4 is 10.1 Å². The van der Waals surface area contributed by atoms with Gasteiger partial charge in [-0.2, -0.15) is 0 Å². The highest BCUT2D eigenvalue weighted by molar-refractivity contribution is 6.32. The van der Waals surface area contributed by atoms with Crippen molar-refractivity contribution in [2.24, 2.45) is 0 Å². The lowest BCUT2D eigenvalue weighted by Crippen LogP contribution is -2.13. The summed E-state index contributed by atoms with van der Waals surface area (Å²) in [5, 5.41) is 3.98. The Morgan fingerprint density at radius 1 is 1.31 bits per heavy atom. The molecule has 2 nitrogen and oxygen atoms in total. The van der Waals surface area contributed by atoms with E-state index in [0.717, 1.165) is 43.9 Å². The Labute approximate surface area is 103 Å². The van der Waals surface area contributed by atoms with E-state index in [0.29, 0.717) is 5.02 Å². The number of hydrogen-bond donors (Lipinski definition) is 1. The van der Waals surface area contributed by atoms with Crippen molar-refractivity contribution in [3.05, 3.63) is 28.8 Å². The van der Waals surface area contributed by atoms with E-state index in [-0.39, 0.29) is 0 Å². The van der Waals surface area contributed by atoms with Crippen LogP contribution in [-0.4, -0.2) is 13.2 Å². The second kappa shape index (κ2) is 7.53. The lowest BCUT2D eigenvalue weighted by molar-refractivity contribution is 0.306. The largest absolute Gasteiger partial charge is 0.492 e. The summed E-state index contributed by atoms with van der Waals surface area (Å²) in [5.74, 6) is 0.832. The molecule has 0 bridgehead atoms. The fourth-order valence-electron chi connectivity index (χ4n) is 1.43. The molecule has 0 unspecified atom stereocenters. The molecule has 1 rings (SSSR count). The number of rotatable bonds is 7. The van der Waals surface area contributed by atoms with Gasteiger partial charge in [0.1, 0.15) is 5.75 Å². The first-order valence-electron chi connectivity index (χ1n) is 5.90. The Morgan fingerprint density at radius 2 is 2.12 bits per heavy atom. The third-order valence-corrected chi connectivity index (χ3v) is 2.66. The van der Waals surface area contributed by atoms with Crippen LogP contribution in [0.25, 0.3) is 0 Å².